The SMILES string of the molecule is C/C=C(\C)C[C@@](C)(O)C(C)=O. The first-order valence-corrected chi connectivity index (χ1v) is 3.75. The van der Waals surface area contributed by atoms with E-state index in [4.69, 9.17) is 0 Å². The number of aliphatic hydroxyl groups is 1. The summed E-state index contributed by atoms with van der Waals surface area (Å²) in [4.78, 5) is 10.8. The summed E-state index contributed by atoms with van der Waals surface area (Å²) < 4.78 is 0. The van der Waals surface area contributed by atoms with Crippen LogP contribution in [0.5, 0.6) is 0 Å². The van der Waals surface area contributed by atoms with Gasteiger partial charge in [-0.3, -0.25) is 4.79 Å². The lowest BCUT2D eigenvalue weighted by Crippen LogP contribution is -2.33. The van der Waals surface area contributed by atoms with Crippen LogP contribution in [0.2, 0.25) is 0 Å². The summed E-state index contributed by atoms with van der Waals surface area (Å²) in [7, 11) is 0. The molecule has 11 heavy (non-hydrogen) atoms. The Balaban J connectivity index is 4.24. The fourth-order valence-corrected chi connectivity index (χ4v) is 0.769. The Morgan fingerprint density at radius 2 is 2.00 bits per heavy atom. The van der Waals surface area contributed by atoms with Crippen LogP contribution < -0.4 is 0 Å². The van der Waals surface area contributed by atoms with Crippen LogP contribution in [0.4, 0.5) is 0 Å². The molecule has 0 fully saturated rings. The first-order valence-electron chi connectivity index (χ1n) is 3.75. The fourth-order valence-electron chi connectivity index (χ4n) is 0.769. The number of carbonyl (C=O) groups is 1. The summed E-state index contributed by atoms with van der Waals surface area (Å²) in [5.74, 6) is -0.182. The molecule has 0 aliphatic rings. The number of ketones is 1. The predicted molar refractivity (Wildman–Crippen MR) is 45.4 cm³/mol. The highest BCUT2D eigenvalue weighted by atomic mass is 16.3. The Morgan fingerprint density at radius 1 is 1.55 bits per heavy atom. The van der Waals surface area contributed by atoms with E-state index in [1.54, 1.807) is 6.92 Å². The molecule has 0 aromatic rings. The van der Waals surface area contributed by atoms with Gasteiger partial charge in [0.15, 0.2) is 5.78 Å². The monoisotopic (exact) mass is 156 g/mol. The van der Waals surface area contributed by atoms with Crippen molar-refractivity contribution in [2.45, 2.75) is 39.7 Å². The van der Waals surface area contributed by atoms with E-state index in [9.17, 15) is 9.90 Å². The van der Waals surface area contributed by atoms with Crippen LogP contribution in [-0.4, -0.2) is 16.5 Å². The van der Waals surface area contributed by atoms with E-state index >= 15 is 0 Å². The normalized spacial score (nSPS) is 17.7. The van der Waals surface area contributed by atoms with Gasteiger partial charge in [-0.2, -0.15) is 0 Å². The predicted octanol–water partition coefficient (Wildman–Crippen LogP) is 1.68. The van der Waals surface area contributed by atoms with Crippen LogP contribution in [-0.2, 0) is 4.79 Å². The molecule has 1 atom stereocenters. The molecule has 0 amide bonds. The van der Waals surface area contributed by atoms with E-state index in [1.165, 1.54) is 6.92 Å². The van der Waals surface area contributed by atoms with E-state index < -0.39 is 5.60 Å². The van der Waals surface area contributed by atoms with E-state index in [2.05, 4.69) is 0 Å². The molecule has 0 bridgehead atoms. The molecule has 0 aromatic carbocycles. The third-order valence-electron chi connectivity index (χ3n) is 1.87. The van der Waals surface area contributed by atoms with Gasteiger partial charge in [0.1, 0.15) is 5.60 Å². The molecule has 0 heterocycles. The molecule has 1 N–H and O–H groups in total. The highest BCUT2D eigenvalue weighted by Crippen LogP contribution is 2.16. The van der Waals surface area contributed by atoms with Gasteiger partial charge >= 0.3 is 0 Å². The van der Waals surface area contributed by atoms with Gasteiger partial charge < -0.3 is 5.11 Å². The number of allylic oxidation sites excluding steroid dienone is 1. The Hall–Kier alpha value is -0.630. The van der Waals surface area contributed by atoms with Crippen molar-refractivity contribution < 1.29 is 9.90 Å². The molecular weight excluding hydrogens is 140 g/mol. The number of Topliss-reactive ketones (excluding diaryl/α,β-unsaturated/α-hetero) is 1. The maximum atomic E-state index is 10.8. The quantitative estimate of drug-likeness (QED) is 0.631. The molecule has 0 aliphatic heterocycles. The van der Waals surface area contributed by atoms with Gasteiger partial charge in [-0.15, -0.1) is 0 Å². The van der Waals surface area contributed by atoms with Gasteiger partial charge in [0.05, 0.1) is 0 Å². The summed E-state index contributed by atoms with van der Waals surface area (Å²) in [5, 5.41) is 9.50. The second-order valence-electron chi connectivity index (χ2n) is 3.14. The number of hydrogen-bond donors (Lipinski definition) is 1. The first kappa shape index (κ1) is 10.4. The van der Waals surface area contributed by atoms with Crippen LogP contribution >= 0.6 is 0 Å². The van der Waals surface area contributed by atoms with Gasteiger partial charge in [-0.1, -0.05) is 11.6 Å². The second kappa shape index (κ2) is 3.67. The van der Waals surface area contributed by atoms with Crippen LogP contribution in [0.3, 0.4) is 0 Å². The topological polar surface area (TPSA) is 37.3 Å². The molecule has 0 saturated carbocycles. The number of carbonyl (C=O) groups excluding carboxylic acids is 1. The smallest absolute Gasteiger partial charge is 0.161 e. The molecule has 2 heteroatoms. The van der Waals surface area contributed by atoms with Crippen molar-refractivity contribution in [1.82, 2.24) is 0 Å². The van der Waals surface area contributed by atoms with E-state index in [0.29, 0.717) is 6.42 Å². The first-order chi connectivity index (χ1) is 4.90. The Labute approximate surface area is 67.9 Å². The molecule has 0 rings (SSSR count). The van der Waals surface area contributed by atoms with Gasteiger partial charge in [0, 0.05) is 6.42 Å². The molecule has 64 valence electrons. The zero-order chi connectivity index (χ0) is 9.07. The maximum Gasteiger partial charge on any atom is 0.161 e. The third-order valence-corrected chi connectivity index (χ3v) is 1.87. The summed E-state index contributed by atoms with van der Waals surface area (Å²) in [5.41, 5.74) is -0.151. The summed E-state index contributed by atoms with van der Waals surface area (Å²) in [6.07, 6.45) is 2.33. The maximum absolute atomic E-state index is 10.8. The summed E-state index contributed by atoms with van der Waals surface area (Å²) >= 11 is 0. The standard InChI is InChI=1S/C9H16O2/c1-5-7(2)6-9(4,11)8(3)10/h5,11H,6H2,1-4H3/b7-5+/t9-/m1/s1. The van der Waals surface area contributed by atoms with Crippen molar-refractivity contribution >= 4 is 5.78 Å². The lowest BCUT2D eigenvalue weighted by Gasteiger charge is -2.19. The molecule has 0 spiro atoms. The fraction of sp³-hybridized carbons (Fsp3) is 0.667. The number of hydrogen-bond acceptors (Lipinski definition) is 2. The Morgan fingerprint density at radius 3 is 2.27 bits per heavy atom. The van der Waals surface area contributed by atoms with Gasteiger partial charge in [0.2, 0.25) is 0 Å². The number of rotatable bonds is 3. The minimum absolute atomic E-state index is 0.182. The van der Waals surface area contributed by atoms with Crippen molar-refractivity contribution in [1.29, 1.82) is 0 Å². The minimum Gasteiger partial charge on any atom is -0.382 e. The van der Waals surface area contributed by atoms with Crippen molar-refractivity contribution in [3.63, 3.8) is 0 Å². The average Bonchev–Trinajstić information content (AvgIpc) is 1.86. The molecule has 2 nitrogen and oxygen atoms in total. The Kier molecular flexibility index (Phi) is 3.46. The molecule has 0 aromatic heterocycles. The summed E-state index contributed by atoms with van der Waals surface area (Å²) in [6, 6.07) is 0. The van der Waals surface area contributed by atoms with E-state index in [1.807, 2.05) is 19.9 Å². The molecule has 0 aliphatic carbocycles. The largest absolute Gasteiger partial charge is 0.382 e. The zero-order valence-corrected chi connectivity index (χ0v) is 7.64. The summed E-state index contributed by atoms with van der Waals surface area (Å²) in [6.45, 7) is 6.74. The highest BCUT2D eigenvalue weighted by Gasteiger charge is 2.25. The highest BCUT2D eigenvalue weighted by molar-refractivity contribution is 5.84. The van der Waals surface area contributed by atoms with Crippen molar-refractivity contribution in [3.8, 4) is 0 Å². The van der Waals surface area contributed by atoms with Crippen molar-refractivity contribution in [2.24, 2.45) is 0 Å². The average molecular weight is 156 g/mol. The van der Waals surface area contributed by atoms with Crippen molar-refractivity contribution in [3.05, 3.63) is 11.6 Å². The van der Waals surface area contributed by atoms with Gasteiger partial charge in [0.25, 0.3) is 0 Å². The van der Waals surface area contributed by atoms with E-state index in [-0.39, 0.29) is 5.78 Å². The van der Waals surface area contributed by atoms with Crippen LogP contribution in [0.1, 0.15) is 34.1 Å². The van der Waals surface area contributed by atoms with Crippen molar-refractivity contribution in [2.75, 3.05) is 0 Å². The minimum atomic E-state index is -1.18. The Bertz CT molecular complexity index is 178. The second-order valence-corrected chi connectivity index (χ2v) is 3.14. The molecule has 0 unspecified atom stereocenters. The van der Waals surface area contributed by atoms with E-state index in [0.717, 1.165) is 5.57 Å². The molecule has 0 saturated heterocycles. The lowest BCUT2D eigenvalue weighted by atomic mass is 9.93. The molecular formula is C9H16O2. The third kappa shape index (κ3) is 3.33. The molecule has 0 radical (unpaired) electrons. The lowest BCUT2D eigenvalue weighted by molar-refractivity contribution is -0.133. The zero-order valence-electron chi connectivity index (χ0n) is 7.64. The van der Waals surface area contributed by atoms with Crippen LogP contribution in [0.15, 0.2) is 11.6 Å². The van der Waals surface area contributed by atoms with Gasteiger partial charge in [-0.05, 0) is 27.7 Å². The van der Waals surface area contributed by atoms with Crippen LogP contribution in [0, 0.1) is 0 Å². The van der Waals surface area contributed by atoms with Gasteiger partial charge in [-0.25, -0.2) is 0 Å². The van der Waals surface area contributed by atoms with Crippen LogP contribution in [0.25, 0.3) is 0 Å².